The van der Waals surface area contributed by atoms with Gasteiger partial charge >= 0.3 is 7.60 Å². The maximum atomic E-state index is 12.3. The van der Waals surface area contributed by atoms with Crippen LogP contribution in [0.2, 0.25) is 0 Å². The lowest BCUT2D eigenvalue weighted by molar-refractivity contribution is 0.192. The molecule has 0 aliphatic carbocycles. The highest BCUT2D eigenvalue weighted by Crippen LogP contribution is 2.46. The van der Waals surface area contributed by atoms with Crippen molar-refractivity contribution in [2.75, 3.05) is 5.73 Å². The SMILES string of the molecule is CCC(C)OP(=O)(O)C=Cc1ccc2cc(N)cc(-c3cccc4ccccc34)c2n1. The second kappa shape index (κ2) is 8.64. The Balaban J connectivity index is 1.82. The molecule has 0 saturated heterocycles. The Kier molecular flexibility index (Phi) is 5.92. The van der Waals surface area contributed by atoms with Crippen LogP contribution >= 0.6 is 7.60 Å². The summed E-state index contributed by atoms with van der Waals surface area (Å²) < 4.78 is 17.5. The van der Waals surface area contributed by atoms with Crippen molar-refractivity contribution in [3.63, 3.8) is 0 Å². The number of benzene rings is 3. The number of hydrogen-bond donors (Lipinski definition) is 2. The van der Waals surface area contributed by atoms with Gasteiger partial charge in [-0.25, -0.2) is 4.98 Å². The molecule has 0 aliphatic rings. The first-order chi connectivity index (χ1) is 14.9. The summed E-state index contributed by atoms with van der Waals surface area (Å²) >= 11 is 0. The van der Waals surface area contributed by atoms with E-state index in [0.717, 1.165) is 32.8 Å². The van der Waals surface area contributed by atoms with E-state index >= 15 is 0 Å². The van der Waals surface area contributed by atoms with Crippen molar-refractivity contribution in [3.8, 4) is 11.1 Å². The predicted octanol–water partition coefficient (Wildman–Crippen LogP) is 6.61. The third-order valence-corrected chi connectivity index (χ3v) is 6.44. The van der Waals surface area contributed by atoms with E-state index in [1.54, 1.807) is 13.0 Å². The topological polar surface area (TPSA) is 85.4 Å². The number of anilines is 1. The van der Waals surface area contributed by atoms with E-state index in [1.165, 1.54) is 11.9 Å². The van der Waals surface area contributed by atoms with Gasteiger partial charge in [0.2, 0.25) is 0 Å². The fourth-order valence-electron chi connectivity index (χ4n) is 3.57. The van der Waals surface area contributed by atoms with Gasteiger partial charge in [0.1, 0.15) is 0 Å². The summed E-state index contributed by atoms with van der Waals surface area (Å²) in [4.78, 5) is 14.9. The summed E-state index contributed by atoms with van der Waals surface area (Å²) in [6.45, 7) is 3.67. The van der Waals surface area contributed by atoms with Crippen LogP contribution in [-0.4, -0.2) is 16.0 Å². The Morgan fingerprint density at radius 2 is 1.84 bits per heavy atom. The number of pyridine rings is 1. The second-order valence-corrected chi connectivity index (χ2v) is 9.24. The normalized spacial score (nSPS) is 14.8. The van der Waals surface area contributed by atoms with E-state index < -0.39 is 7.60 Å². The van der Waals surface area contributed by atoms with Crippen LogP contribution in [0.3, 0.4) is 0 Å². The first-order valence-electron chi connectivity index (χ1n) is 10.2. The average molecular weight is 432 g/mol. The molecule has 1 aromatic heterocycles. The van der Waals surface area contributed by atoms with Gasteiger partial charge in [0.25, 0.3) is 0 Å². The van der Waals surface area contributed by atoms with Gasteiger partial charge in [0.05, 0.1) is 17.3 Å². The van der Waals surface area contributed by atoms with Gasteiger partial charge in [-0.2, -0.15) is 0 Å². The summed E-state index contributed by atoms with van der Waals surface area (Å²) in [5.41, 5.74) is 10.2. The first kappa shape index (κ1) is 21.3. The largest absolute Gasteiger partial charge is 0.399 e. The molecule has 2 atom stereocenters. The summed E-state index contributed by atoms with van der Waals surface area (Å²) in [6, 6.07) is 21.9. The summed E-state index contributed by atoms with van der Waals surface area (Å²) in [5.74, 6) is 1.20. The van der Waals surface area contributed by atoms with E-state index in [9.17, 15) is 9.46 Å². The minimum absolute atomic E-state index is 0.300. The Morgan fingerprint density at radius 1 is 1.06 bits per heavy atom. The van der Waals surface area contributed by atoms with Gasteiger partial charge < -0.3 is 15.2 Å². The molecule has 0 amide bonds. The maximum absolute atomic E-state index is 12.3. The van der Waals surface area contributed by atoms with Gasteiger partial charge in [-0.3, -0.25) is 4.57 Å². The number of aromatic nitrogens is 1. The third kappa shape index (κ3) is 4.70. The predicted molar refractivity (Wildman–Crippen MR) is 129 cm³/mol. The Bertz CT molecular complexity index is 1330. The quantitative estimate of drug-likeness (QED) is 0.265. The molecule has 0 fully saturated rings. The smallest absolute Gasteiger partial charge is 0.351 e. The monoisotopic (exact) mass is 432 g/mol. The molecule has 158 valence electrons. The van der Waals surface area contributed by atoms with Crippen molar-refractivity contribution in [2.45, 2.75) is 26.4 Å². The van der Waals surface area contributed by atoms with Gasteiger partial charge in [-0.15, -0.1) is 0 Å². The number of nitrogens with two attached hydrogens (primary N) is 1. The van der Waals surface area contributed by atoms with Crippen molar-refractivity contribution in [3.05, 3.63) is 78.2 Å². The number of nitrogens with zero attached hydrogens (tertiary/aromatic N) is 1. The number of rotatable bonds is 6. The van der Waals surface area contributed by atoms with Crippen LogP contribution in [0, 0.1) is 0 Å². The van der Waals surface area contributed by atoms with Crippen molar-refractivity contribution in [1.29, 1.82) is 0 Å². The molecule has 4 aromatic rings. The van der Waals surface area contributed by atoms with Crippen LogP contribution < -0.4 is 5.73 Å². The fourth-order valence-corrected chi connectivity index (χ4v) is 4.65. The lowest BCUT2D eigenvalue weighted by atomic mass is 9.95. The zero-order valence-corrected chi connectivity index (χ0v) is 18.4. The lowest BCUT2D eigenvalue weighted by Crippen LogP contribution is -2.02. The zero-order valence-electron chi connectivity index (χ0n) is 17.5. The molecular weight excluding hydrogens is 407 g/mol. The van der Waals surface area contributed by atoms with Gasteiger partial charge in [-0.05, 0) is 54.0 Å². The van der Waals surface area contributed by atoms with E-state index in [1.807, 2.05) is 43.3 Å². The first-order valence-corrected chi connectivity index (χ1v) is 11.9. The maximum Gasteiger partial charge on any atom is 0.351 e. The van der Waals surface area contributed by atoms with Crippen LogP contribution in [-0.2, 0) is 9.09 Å². The number of hydrogen-bond acceptors (Lipinski definition) is 4. The fraction of sp³-hybridized carbons (Fsp3) is 0.160. The average Bonchev–Trinajstić information content (AvgIpc) is 2.76. The lowest BCUT2D eigenvalue weighted by Gasteiger charge is -2.13. The van der Waals surface area contributed by atoms with Crippen LogP contribution in [0.1, 0.15) is 26.0 Å². The minimum Gasteiger partial charge on any atom is -0.399 e. The Hall–Kier alpha value is -2.98. The van der Waals surface area contributed by atoms with Crippen molar-refractivity contribution >= 4 is 41.0 Å². The molecule has 4 rings (SSSR count). The summed E-state index contributed by atoms with van der Waals surface area (Å²) in [6.07, 6.45) is 1.89. The molecule has 2 unspecified atom stereocenters. The van der Waals surface area contributed by atoms with Gasteiger partial charge in [-0.1, -0.05) is 55.5 Å². The highest BCUT2D eigenvalue weighted by molar-refractivity contribution is 7.56. The molecule has 0 spiro atoms. The molecule has 0 aliphatic heterocycles. The van der Waals surface area contributed by atoms with E-state index in [-0.39, 0.29) is 6.10 Å². The highest BCUT2D eigenvalue weighted by atomic mass is 31.2. The highest BCUT2D eigenvalue weighted by Gasteiger charge is 2.18. The summed E-state index contributed by atoms with van der Waals surface area (Å²) in [5, 5.41) is 3.15. The Morgan fingerprint density at radius 3 is 2.65 bits per heavy atom. The van der Waals surface area contributed by atoms with Crippen LogP contribution in [0.5, 0.6) is 0 Å². The minimum atomic E-state index is -3.84. The zero-order chi connectivity index (χ0) is 22.0. The molecule has 6 heteroatoms. The van der Waals surface area contributed by atoms with Crippen molar-refractivity contribution in [2.24, 2.45) is 0 Å². The molecule has 31 heavy (non-hydrogen) atoms. The second-order valence-electron chi connectivity index (χ2n) is 7.61. The van der Waals surface area contributed by atoms with Gasteiger partial charge in [0, 0.05) is 22.5 Å². The van der Waals surface area contributed by atoms with Crippen LogP contribution in [0.25, 0.3) is 38.9 Å². The number of nitrogen functional groups attached to an aromatic ring is 1. The molecule has 0 bridgehead atoms. The van der Waals surface area contributed by atoms with E-state index in [0.29, 0.717) is 17.8 Å². The molecule has 3 N–H and O–H groups in total. The van der Waals surface area contributed by atoms with E-state index in [2.05, 4.69) is 24.3 Å². The van der Waals surface area contributed by atoms with Crippen LogP contribution in [0.4, 0.5) is 5.69 Å². The summed E-state index contributed by atoms with van der Waals surface area (Å²) in [7, 11) is -3.84. The van der Waals surface area contributed by atoms with E-state index in [4.69, 9.17) is 15.2 Å². The molecule has 5 nitrogen and oxygen atoms in total. The standard InChI is InChI=1S/C25H25N2O3P/c1-3-17(2)30-31(28,29)14-13-21-12-11-19-15-20(26)16-24(25(19)27-21)23-10-6-8-18-7-4-5-9-22(18)23/h4-17H,3,26H2,1-2H3,(H,28,29). The molecule has 0 radical (unpaired) electrons. The number of fused-ring (bicyclic) bond motifs is 2. The molecule has 1 heterocycles. The molecule has 3 aromatic carbocycles. The van der Waals surface area contributed by atoms with Crippen molar-refractivity contribution < 1.29 is 14.0 Å². The van der Waals surface area contributed by atoms with Crippen molar-refractivity contribution in [1.82, 2.24) is 4.98 Å². The van der Waals surface area contributed by atoms with Gasteiger partial charge in [0.15, 0.2) is 0 Å². The van der Waals surface area contributed by atoms with Crippen LogP contribution in [0.15, 0.2) is 72.5 Å². The Labute approximate surface area is 181 Å². The molecular formula is C25H25N2O3P. The third-order valence-electron chi connectivity index (χ3n) is 5.26. The molecule has 0 saturated carbocycles.